The van der Waals surface area contributed by atoms with Crippen molar-refractivity contribution in [2.24, 2.45) is 5.92 Å². The molecule has 2 aromatic rings. The summed E-state index contributed by atoms with van der Waals surface area (Å²) in [4.78, 5) is 0.302. The van der Waals surface area contributed by atoms with E-state index in [1.807, 2.05) is 6.92 Å². The fourth-order valence-corrected chi connectivity index (χ4v) is 6.26. The van der Waals surface area contributed by atoms with Crippen molar-refractivity contribution in [1.29, 1.82) is 0 Å². The first-order chi connectivity index (χ1) is 11.6. The second kappa shape index (κ2) is 5.97. The van der Waals surface area contributed by atoms with E-state index in [9.17, 15) is 8.42 Å². The van der Waals surface area contributed by atoms with Crippen molar-refractivity contribution in [2.75, 3.05) is 0 Å². The lowest BCUT2D eigenvalue weighted by molar-refractivity contribution is 0.248. The zero-order chi connectivity index (χ0) is 16.7. The maximum absolute atomic E-state index is 13.3. The number of fused-ring (bicyclic) bond motifs is 1. The van der Waals surface area contributed by atoms with Gasteiger partial charge in [0, 0.05) is 17.6 Å². The van der Waals surface area contributed by atoms with E-state index in [1.165, 1.54) is 12.8 Å². The monoisotopic (exact) mass is 347 g/mol. The largest absolute Gasteiger partial charge is 0.423 e. The van der Waals surface area contributed by atoms with Gasteiger partial charge in [0.05, 0.1) is 4.90 Å². The molecule has 0 amide bonds. The van der Waals surface area contributed by atoms with E-state index in [2.05, 4.69) is 10.2 Å². The number of sulfonamides is 1. The number of hydrogen-bond donors (Lipinski definition) is 0. The van der Waals surface area contributed by atoms with Gasteiger partial charge in [-0.05, 0) is 50.3 Å². The van der Waals surface area contributed by atoms with E-state index in [4.69, 9.17) is 4.42 Å². The van der Waals surface area contributed by atoms with Crippen molar-refractivity contribution < 1.29 is 12.8 Å². The predicted molar refractivity (Wildman–Crippen MR) is 88.6 cm³/mol. The number of rotatable bonds is 3. The van der Waals surface area contributed by atoms with Crippen LogP contribution in [0.3, 0.4) is 0 Å². The second-order valence-corrected chi connectivity index (χ2v) is 8.65. The number of benzene rings is 1. The summed E-state index contributed by atoms with van der Waals surface area (Å²) in [5, 5.41) is 7.52. The summed E-state index contributed by atoms with van der Waals surface area (Å²) < 4.78 is 33.5. The average molecular weight is 347 g/mol. The molecule has 24 heavy (non-hydrogen) atoms. The molecular weight excluding hydrogens is 326 g/mol. The minimum Gasteiger partial charge on any atom is -0.423 e. The molecule has 2 aliphatic rings. The SMILES string of the molecule is C[C@@H]1C[C@H]2CCCC[C@H]2N1S(=O)(=O)c1cccc(-c2nnco2)c1. The molecule has 2 heterocycles. The van der Waals surface area contributed by atoms with Gasteiger partial charge >= 0.3 is 0 Å². The lowest BCUT2D eigenvalue weighted by Crippen LogP contribution is -2.42. The van der Waals surface area contributed by atoms with Gasteiger partial charge in [-0.3, -0.25) is 0 Å². The van der Waals surface area contributed by atoms with Gasteiger partial charge in [0.1, 0.15) is 0 Å². The van der Waals surface area contributed by atoms with Crippen LogP contribution in [0.25, 0.3) is 11.5 Å². The molecule has 3 atom stereocenters. The summed E-state index contributed by atoms with van der Waals surface area (Å²) in [5.41, 5.74) is 0.626. The third kappa shape index (κ3) is 2.56. The van der Waals surface area contributed by atoms with Crippen molar-refractivity contribution >= 4 is 10.0 Å². The van der Waals surface area contributed by atoms with Crippen molar-refractivity contribution in [3.63, 3.8) is 0 Å². The van der Waals surface area contributed by atoms with Crippen molar-refractivity contribution in [3.05, 3.63) is 30.7 Å². The van der Waals surface area contributed by atoms with E-state index in [0.29, 0.717) is 22.3 Å². The molecule has 0 unspecified atom stereocenters. The normalized spacial score (nSPS) is 28.0. The fourth-order valence-electron chi connectivity index (χ4n) is 4.29. The highest BCUT2D eigenvalue weighted by molar-refractivity contribution is 7.89. The molecule has 128 valence electrons. The molecule has 6 nitrogen and oxygen atoms in total. The first kappa shape index (κ1) is 15.8. The number of aromatic nitrogens is 2. The summed E-state index contributed by atoms with van der Waals surface area (Å²) in [6.07, 6.45) is 6.65. The minimum atomic E-state index is -3.53. The molecule has 0 N–H and O–H groups in total. The Bertz CT molecular complexity index is 819. The van der Waals surface area contributed by atoms with Gasteiger partial charge in [0.15, 0.2) is 0 Å². The highest BCUT2D eigenvalue weighted by atomic mass is 32.2. The molecule has 7 heteroatoms. The summed E-state index contributed by atoms with van der Waals surface area (Å²) in [7, 11) is -3.53. The molecule has 0 spiro atoms. The van der Waals surface area contributed by atoms with Crippen LogP contribution in [-0.4, -0.2) is 35.0 Å². The Morgan fingerprint density at radius 2 is 2.08 bits per heavy atom. The quantitative estimate of drug-likeness (QED) is 0.853. The van der Waals surface area contributed by atoms with Crippen LogP contribution in [0.2, 0.25) is 0 Å². The van der Waals surface area contributed by atoms with Crippen LogP contribution in [0.5, 0.6) is 0 Å². The first-order valence-corrected chi connectivity index (χ1v) is 9.91. The van der Waals surface area contributed by atoms with E-state index in [-0.39, 0.29) is 12.1 Å². The van der Waals surface area contributed by atoms with Crippen LogP contribution in [0.4, 0.5) is 0 Å². The summed E-state index contributed by atoms with van der Waals surface area (Å²) in [5.74, 6) is 0.833. The van der Waals surface area contributed by atoms with Gasteiger partial charge in [-0.25, -0.2) is 8.42 Å². The van der Waals surface area contributed by atoms with Crippen molar-refractivity contribution in [2.45, 2.75) is 56.0 Å². The van der Waals surface area contributed by atoms with Crippen LogP contribution in [-0.2, 0) is 10.0 Å². The van der Waals surface area contributed by atoms with Crippen LogP contribution in [0.1, 0.15) is 39.0 Å². The van der Waals surface area contributed by atoms with Crippen molar-refractivity contribution in [1.82, 2.24) is 14.5 Å². The van der Waals surface area contributed by atoms with Crippen LogP contribution in [0, 0.1) is 5.92 Å². The van der Waals surface area contributed by atoms with E-state index >= 15 is 0 Å². The average Bonchev–Trinajstić information content (AvgIpc) is 3.21. The smallest absolute Gasteiger partial charge is 0.247 e. The zero-order valence-electron chi connectivity index (χ0n) is 13.6. The minimum absolute atomic E-state index is 0.0511. The molecule has 4 rings (SSSR count). The van der Waals surface area contributed by atoms with Crippen molar-refractivity contribution in [3.8, 4) is 11.5 Å². The third-order valence-corrected chi connectivity index (χ3v) is 7.33. The van der Waals surface area contributed by atoms with Crippen LogP contribution in [0.15, 0.2) is 40.0 Å². The lowest BCUT2D eigenvalue weighted by atomic mass is 9.85. The molecule has 0 bridgehead atoms. The van der Waals surface area contributed by atoms with Crippen LogP contribution >= 0.6 is 0 Å². The molecule has 1 saturated heterocycles. The van der Waals surface area contributed by atoms with E-state index in [1.54, 1.807) is 28.6 Å². The molecule has 1 aromatic heterocycles. The maximum atomic E-state index is 13.3. The van der Waals surface area contributed by atoms with Gasteiger partial charge in [-0.2, -0.15) is 4.31 Å². The lowest BCUT2D eigenvalue weighted by Gasteiger charge is -2.32. The molecule has 0 radical (unpaired) electrons. The second-order valence-electron chi connectivity index (χ2n) is 6.80. The summed E-state index contributed by atoms with van der Waals surface area (Å²) >= 11 is 0. The van der Waals surface area contributed by atoms with E-state index in [0.717, 1.165) is 25.7 Å². The van der Waals surface area contributed by atoms with Gasteiger partial charge in [0.2, 0.25) is 22.3 Å². The molecule has 1 aliphatic heterocycles. The Hall–Kier alpha value is -1.73. The fraction of sp³-hybridized carbons (Fsp3) is 0.529. The Labute approximate surface area is 141 Å². The third-order valence-electron chi connectivity index (χ3n) is 5.29. The molecule has 1 aromatic carbocycles. The first-order valence-electron chi connectivity index (χ1n) is 8.47. The van der Waals surface area contributed by atoms with E-state index < -0.39 is 10.0 Å². The Balaban J connectivity index is 1.71. The van der Waals surface area contributed by atoms with Crippen LogP contribution < -0.4 is 0 Å². The van der Waals surface area contributed by atoms with Gasteiger partial charge in [-0.1, -0.05) is 18.9 Å². The standard InChI is InChI=1S/C17H21N3O3S/c1-12-9-13-5-2-3-8-16(13)20(12)24(21,22)15-7-4-6-14(10-15)17-19-18-11-23-17/h4,6-7,10-13,16H,2-3,5,8-9H2,1H3/t12-,13-,16-/m1/s1. The Kier molecular flexibility index (Phi) is 3.92. The van der Waals surface area contributed by atoms with Gasteiger partial charge < -0.3 is 4.42 Å². The highest BCUT2D eigenvalue weighted by Gasteiger charge is 2.46. The maximum Gasteiger partial charge on any atom is 0.247 e. The zero-order valence-corrected chi connectivity index (χ0v) is 14.4. The predicted octanol–water partition coefficient (Wildman–Crippen LogP) is 3.08. The summed E-state index contributed by atoms with van der Waals surface area (Å²) in [6.45, 7) is 2.03. The number of hydrogen-bond acceptors (Lipinski definition) is 5. The Morgan fingerprint density at radius 1 is 1.25 bits per heavy atom. The van der Waals surface area contributed by atoms with Gasteiger partial charge in [-0.15, -0.1) is 10.2 Å². The number of nitrogens with zero attached hydrogens (tertiary/aromatic N) is 3. The molecule has 2 fully saturated rings. The Morgan fingerprint density at radius 3 is 2.88 bits per heavy atom. The van der Waals surface area contributed by atoms with Gasteiger partial charge in [0.25, 0.3) is 0 Å². The molecule has 1 aliphatic carbocycles. The molecular formula is C17H21N3O3S. The topological polar surface area (TPSA) is 76.3 Å². The highest BCUT2D eigenvalue weighted by Crippen LogP contribution is 2.42. The molecule has 1 saturated carbocycles. The summed E-state index contributed by atoms with van der Waals surface area (Å²) in [6, 6.07) is 6.99.